The summed E-state index contributed by atoms with van der Waals surface area (Å²) in [6.45, 7) is 0. The van der Waals surface area contributed by atoms with Crippen LogP contribution in [0.5, 0.6) is 0 Å². The van der Waals surface area contributed by atoms with Crippen LogP contribution in [0.2, 0.25) is 5.02 Å². The maximum atomic E-state index is 5.85. The zero-order chi connectivity index (χ0) is 7.42. The van der Waals surface area contributed by atoms with E-state index >= 15 is 0 Å². The lowest BCUT2D eigenvalue weighted by atomic mass is 10.1. The Morgan fingerprint density at radius 2 is 2.36 bits per heavy atom. The number of rotatable bonds is 0. The van der Waals surface area contributed by atoms with E-state index < -0.39 is 0 Å². The molecule has 0 spiro atoms. The summed E-state index contributed by atoms with van der Waals surface area (Å²) in [5.41, 5.74) is 2.72. The van der Waals surface area contributed by atoms with Crippen LogP contribution in [-0.4, -0.2) is 6.10 Å². The van der Waals surface area contributed by atoms with Crippen molar-refractivity contribution < 1.29 is 4.74 Å². The van der Waals surface area contributed by atoms with Crippen LogP contribution >= 0.6 is 11.6 Å². The average molecular weight is 167 g/mol. The molecule has 1 heterocycles. The number of hydrogen-bond donors (Lipinski definition) is 0. The van der Waals surface area contributed by atoms with Gasteiger partial charge in [0.25, 0.3) is 0 Å². The highest BCUT2D eigenvalue weighted by molar-refractivity contribution is 6.30. The van der Waals surface area contributed by atoms with Gasteiger partial charge in [-0.3, -0.25) is 0 Å². The van der Waals surface area contributed by atoms with Crippen molar-refractivity contribution in [1.82, 2.24) is 0 Å². The largest absolute Gasteiger partial charge is 0.364 e. The van der Waals surface area contributed by atoms with Crippen LogP contribution in [0.4, 0.5) is 0 Å². The minimum Gasteiger partial charge on any atom is -0.364 e. The highest BCUT2D eigenvalue weighted by Gasteiger charge is 2.46. The standard InChI is InChI=1S/C9H7ClO/c10-6-2-1-5-3-8-9(11-8)7(5)4-6/h1-2,4,8-9H,3H2/t8-,9-/m0/s1. The molecule has 0 bridgehead atoms. The summed E-state index contributed by atoms with van der Waals surface area (Å²) >= 11 is 5.85. The van der Waals surface area contributed by atoms with Gasteiger partial charge in [-0.15, -0.1) is 0 Å². The topological polar surface area (TPSA) is 12.5 Å². The van der Waals surface area contributed by atoms with Gasteiger partial charge in [-0.1, -0.05) is 17.7 Å². The molecule has 0 aromatic heterocycles. The fourth-order valence-electron chi connectivity index (χ4n) is 1.80. The summed E-state index contributed by atoms with van der Waals surface area (Å²) in [7, 11) is 0. The van der Waals surface area contributed by atoms with Crippen LogP contribution in [0.25, 0.3) is 0 Å². The Morgan fingerprint density at radius 3 is 3.27 bits per heavy atom. The van der Waals surface area contributed by atoms with Crippen LogP contribution in [0.3, 0.4) is 0 Å². The SMILES string of the molecule is Clc1ccc2c(c1)[C@@H]1O[C@H]1C2. The van der Waals surface area contributed by atoms with Gasteiger partial charge in [0.1, 0.15) is 6.10 Å². The molecular weight excluding hydrogens is 160 g/mol. The highest BCUT2D eigenvalue weighted by atomic mass is 35.5. The van der Waals surface area contributed by atoms with E-state index in [2.05, 4.69) is 6.07 Å². The monoisotopic (exact) mass is 166 g/mol. The summed E-state index contributed by atoms with van der Waals surface area (Å²) in [4.78, 5) is 0. The Balaban J connectivity index is 2.20. The Labute approximate surface area is 69.9 Å². The number of fused-ring (bicyclic) bond motifs is 3. The van der Waals surface area contributed by atoms with Crippen LogP contribution < -0.4 is 0 Å². The molecule has 2 aliphatic rings. The average Bonchev–Trinajstić information content (AvgIpc) is 2.67. The minimum atomic E-state index is 0.378. The molecule has 1 aromatic carbocycles. The molecule has 0 N–H and O–H groups in total. The fraction of sp³-hybridized carbons (Fsp3) is 0.333. The van der Waals surface area contributed by atoms with E-state index in [0.29, 0.717) is 12.2 Å². The van der Waals surface area contributed by atoms with Crippen molar-refractivity contribution in [3.05, 3.63) is 34.3 Å². The number of benzene rings is 1. The molecule has 3 rings (SSSR count). The molecule has 2 heteroatoms. The summed E-state index contributed by atoms with van der Waals surface area (Å²) in [6.07, 6.45) is 1.93. The molecule has 1 nitrogen and oxygen atoms in total. The molecule has 1 aliphatic carbocycles. The second kappa shape index (κ2) is 1.79. The summed E-state index contributed by atoms with van der Waals surface area (Å²) in [6, 6.07) is 6.08. The van der Waals surface area contributed by atoms with Crippen molar-refractivity contribution in [2.45, 2.75) is 18.6 Å². The van der Waals surface area contributed by atoms with Gasteiger partial charge in [-0.25, -0.2) is 0 Å². The molecule has 1 aromatic rings. The highest BCUT2D eigenvalue weighted by Crippen LogP contribution is 2.49. The van der Waals surface area contributed by atoms with E-state index in [4.69, 9.17) is 16.3 Å². The quantitative estimate of drug-likeness (QED) is 0.539. The molecule has 0 radical (unpaired) electrons. The van der Waals surface area contributed by atoms with Crippen LogP contribution in [0.15, 0.2) is 18.2 Å². The zero-order valence-electron chi connectivity index (χ0n) is 5.88. The van der Waals surface area contributed by atoms with Gasteiger partial charge in [0.05, 0.1) is 6.10 Å². The van der Waals surface area contributed by atoms with Gasteiger partial charge in [-0.2, -0.15) is 0 Å². The maximum Gasteiger partial charge on any atom is 0.110 e. The van der Waals surface area contributed by atoms with Crippen molar-refractivity contribution in [1.29, 1.82) is 0 Å². The summed E-state index contributed by atoms with van der Waals surface area (Å²) < 4.78 is 5.38. The first-order chi connectivity index (χ1) is 5.34. The van der Waals surface area contributed by atoms with Crippen LogP contribution in [0.1, 0.15) is 17.2 Å². The van der Waals surface area contributed by atoms with Gasteiger partial charge in [0.15, 0.2) is 0 Å². The zero-order valence-corrected chi connectivity index (χ0v) is 6.64. The molecule has 0 amide bonds. The first-order valence-corrected chi connectivity index (χ1v) is 4.16. The molecule has 0 saturated carbocycles. The lowest BCUT2D eigenvalue weighted by Crippen LogP contribution is -1.87. The molecule has 1 fully saturated rings. The maximum absolute atomic E-state index is 5.85. The summed E-state index contributed by atoms with van der Waals surface area (Å²) in [5.74, 6) is 0. The smallest absolute Gasteiger partial charge is 0.110 e. The molecule has 2 atom stereocenters. The van der Waals surface area contributed by atoms with Gasteiger partial charge in [-0.05, 0) is 23.3 Å². The second-order valence-electron chi connectivity index (χ2n) is 3.14. The van der Waals surface area contributed by atoms with Crippen molar-refractivity contribution in [2.24, 2.45) is 0 Å². The number of hydrogen-bond acceptors (Lipinski definition) is 1. The summed E-state index contributed by atoms with van der Waals surface area (Å²) in [5, 5.41) is 0.819. The lowest BCUT2D eigenvalue weighted by molar-refractivity contribution is 0.361. The fourth-order valence-corrected chi connectivity index (χ4v) is 1.99. The predicted octanol–water partition coefficient (Wildman–Crippen LogP) is 2.34. The van der Waals surface area contributed by atoms with Crippen LogP contribution in [0, 0.1) is 0 Å². The van der Waals surface area contributed by atoms with Gasteiger partial charge in [0, 0.05) is 11.4 Å². The van der Waals surface area contributed by atoms with E-state index in [9.17, 15) is 0 Å². The Hall–Kier alpha value is -0.530. The number of ether oxygens (including phenoxy) is 1. The van der Waals surface area contributed by atoms with Crippen molar-refractivity contribution in [2.75, 3.05) is 0 Å². The van der Waals surface area contributed by atoms with E-state index in [1.807, 2.05) is 12.1 Å². The van der Waals surface area contributed by atoms with E-state index in [1.54, 1.807) is 0 Å². The molecular formula is C9H7ClO. The Kier molecular flexibility index (Phi) is 0.984. The Morgan fingerprint density at radius 1 is 1.45 bits per heavy atom. The molecule has 0 unspecified atom stereocenters. The van der Waals surface area contributed by atoms with E-state index in [-0.39, 0.29) is 0 Å². The first-order valence-electron chi connectivity index (χ1n) is 3.78. The number of epoxide rings is 1. The third-order valence-electron chi connectivity index (χ3n) is 2.42. The lowest BCUT2D eigenvalue weighted by Gasteiger charge is -2.00. The van der Waals surface area contributed by atoms with Gasteiger partial charge in [0.2, 0.25) is 0 Å². The number of halogens is 1. The predicted molar refractivity (Wildman–Crippen MR) is 42.8 cm³/mol. The second-order valence-corrected chi connectivity index (χ2v) is 3.58. The van der Waals surface area contributed by atoms with Gasteiger partial charge >= 0.3 is 0 Å². The molecule has 1 aliphatic heterocycles. The van der Waals surface area contributed by atoms with Crippen LogP contribution in [-0.2, 0) is 11.2 Å². The van der Waals surface area contributed by atoms with Gasteiger partial charge < -0.3 is 4.74 Å². The van der Waals surface area contributed by atoms with Crippen molar-refractivity contribution in [3.63, 3.8) is 0 Å². The Bertz CT molecular complexity index is 321. The van der Waals surface area contributed by atoms with E-state index in [0.717, 1.165) is 11.4 Å². The van der Waals surface area contributed by atoms with E-state index in [1.165, 1.54) is 11.1 Å². The third-order valence-corrected chi connectivity index (χ3v) is 2.65. The first kappa shape index (κ1) is 6.04. The van der Waals surface area contributed by atoms with Crippen molar-refractivity contribution >= 4 is 11.6 Å². The molecule has 56 valence electrons. The minimum absolute atomic E-state index is 0.378. The van der Waals surface area contributed by atoms with Crippen molar-refractivity contribution in [3.8, 4) is 0 Å². The third kappa shape index (κ3) is 0.754. The normalized spacial score (nSPS) is 31.4. The molecule has 1 saturated heterocycles. The molecule has 11 heavy (non-hydrogen) atoms.